The average Bonchev–Trinajstić information content (AvgIpc) is 3.44. The molecule has 0 amide bonds. The maximum absolute atomic E-state index is 13.5. The molecule has 25 heavy (non-hydrogen) atoms. The number of hydrogen-bond donors (Lipinski definition) is 0. The normalized spacial score (nSPS) is 33.4. The standard InChI is InChI=1S/C22H29F3/c23-20-12-19(13-21(24)22(20)25)18-9-7-17(8-10-18)16-5-3-15(4-6-16)11-14-1-2-14/h12-18H,1-11H2. The third-order valence-corrected chi connectivity index (χ3v) is 7.17. The molecular weight excluding hydrogens is 321 g/mol. The summed E-state index contributed by atoms with van der Waals surface area (Å²) >= 11 is 0. The molecule has 0 nitrogen and oxygen atoms in total. The molecule has 3 aliphatic carbocycles. The Kier molecular flexibility index (Phi) is 5.11. The van der Waals surface area contributed by atoms with Crippen LogP contribution in [0.5, 0.6) is 0 Å². The number of hydrogen-bond acceptors (Lipinski definition) is 0. The fourth-order valence-corrected chi connectivity index (χ4v) is 5.46. The minimum absolute atomic E-state index is 0.187. The van der Waals surface area contributed by atoms with Gasteiger partial charge in [-0.25, -0.2) is 13.2 Å². The smallest absolute Gasteiger partial charge is 0.194 e. The molecule has 3 heteroatoms. The first-order chi connectivity index (χ1) is 12.1. The van der Waals surface area contributed by atoms with Crippen molar-refractivity contribution in [1.29, 1.82) is 0 Å². The summed E-state index contributed by atoms with van der Waals surface area (Å²) in [6, 6.07) is 2.40. The molecule has 138 valence electrons. The maximum Gasteiger partial charge on any atom is 0.194 e. The van der Waals surface area contributed by atoms with Crippen LogP contribution in [0.4, 0.5) is 13.2 Å². The van der Waals surface area contributed by atoms with E-state index in [0.29, 0.717) is 5.56 Å². The van der Waals surface area contributed by atoms with Gasteiger partial charge in [-0.15, -0.1) is 0 Å². The van der Waals surface area contributed by atoms with E-state index in [1.807, 2.05) is 0 Å². The van der Waals surface area contributed by atoms with Gasteiger partial charge in [0.25, 0.3) is 0 Å². The maximum atomic E-state index is 13.5. The second-order valence-electron chi connectivity index (χ2n) is 8.87. The summed E-state index contributed by atoms with van der Waals surface area (Å²) < 4.78 is 40.1. The number of rotatable bonds is 4. The highest BCUT2D eigenvalue weighted by Gasteiger charge is 2.33. The molecule has 4 rings (SSSR count). The summed E-state index contributed by atoms with van der Waals surface area (Å²) in [6.45, 7) is 0. The van der Waals surface area contributed by atoms with Crippen molar-refractivity contribution in [3.8, 4) is 0 Å². The summed E-state index contributed by atoms with van der Waals surface area (Å²) in [4.78, 5) is 0. The molecule has 0 saturated heterocycles. The third-order valence-electron chi connectivity index (χ3n) is 7.17. The zero-order valence-corrected chi connectivity index (χ0v) is 15.0. The van der Waals surface area contributed by atoms with Crippen molar-refractivity contribution in [2.24, 2.45) is 23.7 Å². The molecule has 0 radical (unpaired) electrons. The summed E-state index contributed by atoms with van der Waals surface area (Å²) in [6.07, 6.45) is 14.3. The topological polar surface area (TPSA) is 0 Å². The zero-order valence-electron chi connectivity index (χ0n) is 15.0. The Morgan fingerprint density at radius 3 is 1.56 bits per heavy atom. The lowest BCUT2D eigenvalue weighted by Gasteiger charge is -2.38. The van der Waals surface area contributed by atoms with Gasteiger partial charge in [0, 0.05) is 0 Å². The summed E-state index contributed by atoms with van der Waals surface area (Å²) in [5.74, 6) is 0.412. The van der Waals surface area contributed by atoms with Gasteiger partial charge in [-0.05, 0) is 92.2 Å². The molecule has 0 atom stereocenters. The Labute approximate surface area is 149 Å². The Bertz CT molecular complexity index is 568. The number of halogens is 3. The van der Waals surface area contributed by atoms with Crippen LogP contribution in [0.1, 0.15) is 82.1 Å². The van der Waals surface area contributed by atoms with E-state index in [4.69, 9.17) is 0 Å². The Morgan fingerprint density at radius 2 is 1.08 bits per heavy atom. The Hall–Kier alpha value is -0.990. The van der Waals surface area contributed by atoms with Crippen LogP contribution in [-0.4, -0.2) is 0 Å². The van der Waals surface area contributed by atoms with Crippen molar-refractivity contribution in [2.75, 3.05) is 0 Å². The van der Waals surface area contributed by atoms with Crippen LogP contribution in [0.3, 0.4) is 0 Å². The van der Waals surface area contributed by atoms with Gasteiger partial charge in [0.15, 0.2) is 17.5 Å². The van der Waals surface area contributed by atoms with Gasteiger partial charge in [0.05, 0.1) is 0 Å². The lowest BCUT2D eigenvalue weighted by molar-refractivity contribution is 0.154. The first kappa shape index (κ1) is 17.4. The van der Waals surface area contributed by atoms with Crippen LogP contribution >= 0.6 is 0 Å². The van der Waals surface area contributed by atoms with E-state index in [0.717, 1.165) is 49.4 Å². The second-order valence-corrected chi connectivity index (χ2v) is 8.87. The second kappa shape index (κ2) is 7.32. The average molecular weight is 350 g/mol. The van der Waals surface area contributed by atoms with E-state index in [1.54, 1.807) is 0 Å². The SMILES string of the molecule is Fc1cc(C2CCC(C3CCC(CC4CC4)CC3)CC2)cc(F)c1F. The molecular formula is C22H29F3. The number of benzene rings is 1. The molecule has 3 saturated carbocycles. The highest BCUT2D eigenvalue weighted by atomic mass is 19.2. The van der Waals surface area contributed by atoms with Gasteiger partial charge < -0.3 is 0 Å². The fraction of sp³-hybridized carbons (Fsp3) is 0.727. The molecule has 0 aromatic heterocycles. The highest BCUT2D eigenvalue weighted by molar-refractivity contribution is 5.23. The van der Waals surface area contributed by atoms with Gasteiger partial charge >= 0.3 is 0 Å². The predicted octanol–water partition coefficient (Wildman–Crippen LogP) is 6.98. The van der Waals surface area contributed by atoms with Crippen LogP contribution < -0.4 is 0 Å². The lowest BCUT2D eigenvalue weighted by Crippen LogP contribution is -2.25. The van der Waals surface area contributed by atoms with E-state index < -0.39 is 17.5 Å². The molecule has 0 bridgehead atoms. The summed E-state index contributed by atoms with van der Waals surface area (Å²) in [5, 5.41) is 0. The van der Waals surface area contributed by atoms with Crippen molar-refractivity contribution in [3.05, 3.63) is 35.1 Å². The molecule has 0 unspecified atom stereocenters. The van der Waals surface area contributed by atoms with Crippen molar-refractivity contribution in [3.63, 3.8) is 0 Å². The highest BCUT2D eigenvalue weighted by Crippen LogP contribution is 2.46. The molecule has 0 aliphatic heterocycles. The van der Waals surface area contributed by atoms with Gasteiger partial charge in [-0.1, -0.05) is 25.7 Å². The molecule has 0 N–H and O–H groups in total. The van der Waals surface area contributed by atoms with Gasteiger partial charge in [0.2, 0.25) is 0 Å². The Morgan fingerprint density at radius 1 is 0.640 bits per heavy atom. The van der Waals surface area contributed by atoms with E-state index in [2.05, 4.69) is 0 Å². The molecule has 1 aromatic rings. The predicted molar refractivity (Wildman–Crippen MR) is 93.8 cm³/mol. The van der Waals surface area contributed by atoms with E-state index in [-0.39, 0.29) is 5.92 Å². The van der Waals surface area contributed by atoms with Crippen molar-refractivity contribution < 1.29 is 13.2 Å². The zero-order chi connectivity index (χ0) is 17.4. The van der Waals surface area contributed by atoms with Crippen LogP contribution in [-0.2, 0) is 0 Å². The minimum atomic E-state index is -1.35. The molecule has 3 fully saturated rings. The third kappa shape index (κ3) is 4.06. The first-order valence-electron chi connectivity index (χ1n) is 10.2. The molecule has 0 spiro atoms. The van der Waals surface area contributed by atoms with E-state index in [9.17, 15) is 13.2 Å². The first-order valence-corrected chi connectivity index (χ1v) is 10.2. The Balaban J connectivity index is 1.28. The van der Waals surface area contributed by atoms with Crippen LogP contribution in [0.15, 0.2) is 12.1 Å². The fourth-order valence-electron chi connectivity index (χ4n) is 5.46. The minimum Gasteiger partial charge on any atom is -0.204 e. The lowest BCUT2D eigenvalue weighted by atomic mass is 9.68. The summed E-state index contributed by atoms with van der Waals surface area (Å²) in [5.41, 5.74) is 0.642. The van der Waals surface area contributed by atoms with Crippen molar-refractivity contribution >= 4 is 0 Å². The van der Waals surface area contributed by atoms with Gasteiger partial charge in [0.1, 0.15) is 0 Å². The van der Waals surface area contributed by atoms with E-state index >= 15 is 0 Å². The van der Waals surface area contributed by atoms with Gasteiger partial charge in [-0.2, -0.15) is 0 Å². The van der Waals surface area contributed by atoms with Crippen molar-refractivity contribution in [2.45, 2.75) is 76.5 Å². The molecule has 1 aromatic carbocycles. The van der Waals surface area contributed by atoms with Crippen molar-refractivity contribution in [1.82, 2.24) is 0 Å². The van der Waals surface area contributed by atoms with Crippen LogP contribution in [0.2, 0.25) is 0 Å². The van der Waals surface area contributed by atoms with Gasteiger partial charge in [-0.3, -0.25) is 0 Å². The monoisotopic (exact) mass is 350 g/mol. The van der Waals surface area contributed by atoms with E-state index in [1.165, 1.54) is 57.1 Å². The van der Waals surface area contributed by atoms with Crippen LogP contribution in [0, 0.1) is 41.1 Å². The molecule has 3 aliphatic rings. The summed E-state index contributed by atoms with van der Waals surface area (Å²) in [7, 11) is 0. The largest absolute Gasteiger partial charge is 0.204 e. The molecule has 0 heterocycles. The quantitative estimate of drug-likeness (QED) is 0.514. The van der Waals surface area contributed by atoms with Crippen LogP contribution in [0.25, 0.3) is 0 Å².